The molecule has 0 saturated carbocycles. The van der Waals surface area contributed by atoms with Crippen molar-refractivity contribution in [1.82, 2.24) is 10.2 Å². The second-order valence-electron chi connectivity index (χ2n) is 8.23. The maximum atomic E-state index is 12.6. The second-order valence-corrected chi connectivity index (χ2v) is 8.23. The maximum absolute atomic E-state index is 12.6. The molecule has 1 aliphatic carbocycles. The average molecular weight is 428 g/mol. The molecule has 1 amide bonds. The molecule has 3 aliphatic rings. The van der Waals surface area contributed by atoms with Crippen LogP contribution in [0.3, 0.4) is 0 Å². The van der Waals surface area contributed by atoms with Crippen LogP contribution in [0.2, 0.25) is 0 Å². The lowest BCUT2D eigenvalue weighted by molar-refractivity contribution is -0.192. The molecule has 4 rings (SSSR count). The monoisotopic (exact) mass is 428 g/mol. The van der Waals surface area contributed by atoms with Gasteiger partial charge in [-0.15, -0.1) is 0 Å². The molecule has 1 aromatic carbocycles. The molecule has 2 fully saturated rings. The topological polar surface area (TPSA) is 78.9 Å². The number of amides is 1. The number of likely N-dealkylation sites (tertiary alicyclic amines) is 1. The van der Waals surface area contributed by atoms with Gasteiger partial charge in [0, 0.05) is 44.6 Å². The first-order valence-corrected chi connectivity index (χ1v) is 10.1. The number of fused-ring (bicyclic) bond motifs is 3. The summed E-state index contributed by atoms with van der Waals surface area (Å²) in [7, 11) is 2.18. The Morgan fingerprint density at radius 2 is 1.77 bits per heavy atom. The van der Waals surface area contributed by atoms with Gasteiger partial charge in [-0.25, -0.2) is 4.79 Å². The smallest absolute Gasteiger partial charge is 0.475 e. The zero-order valence-electron chi connectivity index (χ0n) is 16.8. The van der Waals surface area contributed by atoms with Gasteiger partial charge in [-0.05, 0) is 36.9 Å². The first-order valence-electron chi connectivity index (χ1n) is 10.1. The molecular formula is C21H27F3N2O4. The van der Waals surface area contributed by atoms with E-state index in [1.54, 1.807) is 0 Å². The number of rotatable bonds is 3. The Bertz CT molecular complexity index is 765. The number of nitrogens with zero attached hydrogens (tertiary/aromatic N) is 1. The summed E-state index contributed by atoms with van der Waals surface area (Å²) in [6.07, 6.45) is -2.40. The molecule has 0 radical (unpaired) electrons. The quantitative estimate of drug-likeness (QED) is 0.774. The molecule has 0 bridgehead atoms. The van der Waals surface area contributed by atoms with Crippen LogP contribution in [0, 0.1) is 11.8 Å². The van der Waals surface area contributed by atoms with Crippen LogP contribution in [0.4, 0.5) is 13.2 Å². The van der Waals surface area contributed by atoms with Gasteiger partial charge in [0.2, 0.25) is 5.91 Å². The highest BCUT2D eigenvalue weighted by molar-refractivity contribution is 5.77. The number of hydrogen-bond acceptors (Lipinski definition) is 4. The van der Waals surface area contributed by atoms with Gasteiger partial charge in [0.25, 0.3) is 0 Å². The molecule has 0 spiro atoms. The summed E-state index contributed by atoms with van der Waals surface area (Å²) in [5.74, 6) is -0.956. The minimum absolute atomic E-state index is 0.188. The molecule has 6 nitrogen and oxygen atoms in total. The number of carboxylic acid groups (broad SMARTS) is 1. The molecule has 0 aromatic heterocycles. The van der Waals surface area contributed by atoms with Crippen molar-refractivity contribution in [3.8, 4) is 0 Å². The number of halogens is 3. The van der Waals surface area contributed by atoms with Crippen LogP contribution in [0.25, 0.3) is 0 Å². The van der Waals surface area contributed by atoms with Crippen LogP contribution >= 0.6 is 0 Å². The van der Waals surface area contributed by atoms with Gasteiger partial charge in [-0.2, -0.15) is 13.2 Å². The van der Waals surface area contributed by atoms with E-state index in [1.807, 2.05) is 0 Å². The minimum Gasteiger partial charge on any atom is -0.475 e. The lowest BCUT2D eigenvalue weighted by Gasteiger charge is -2.25. The van der Waals surface area contributed by atoms with Crippen LogP contribution in [0.5, 0.6) is 0 Å². The normalized spacial score (nSPS) is 26.3. The highest BCUT2D eigenvalue weighted by Gasteiger charge is 2.45. The number of alkyl halides is 3. The number of hydrogen-bond donors (Lipinski definition) is 2. The van der Waals surface area contributed by atoms with E-state index < -0.39 is 12.1 Å². The van der Waals surface area contributed by atoms with Gasteiger partial charge in [-0.1, -0.05) is 24.3 Å². The number of likely N-dealkylation sites (N-methyl/N-ethyl adjacent to an activating group) is 1. The Balaban J connectivity index is 0.000000318. The van der Waals surface area contributed by atoms with E-state index >= 15 is 0 Å². The van der Waals surface area contributed by atoms with Gasteiger partial charge in [-0.3, -0.25) is 4.79 Å². The summed E-state index contributed by atoms with van der Waals surface area (Å²) in [5, 5.41) is 10.5. The van der Waals surface area contributed by atoms with E-state index in [2.05, 4.69) is 41.5 Å². The summed E-state index contributed by atoms with van der Waals surface area (Å²) >= 11 is 0. The fourth-order valence-corrected chi connectivity index (χ4v) is 4.69. The maximum Gasteiger partial charge on any atom is 0.490 e. The highest BCUT2D eigenvalue weighted by atomic mass is 19.4. The summed E-state index contributed by atoms with van der Waals surface area (Å²) in [6, 6.07) is 8.86. The van der Waals surface area contributed by atoms with Crippen LogP contribution in [-0.4, -0.2) is 61.4 Å². The van der Waals surface area contributed by atoms with E-state index in [-0.39, 0.29) is 11.9 Å². The van der Waals surface area contributed by atoms with E-state index in [9.17, 15) is 18.0 Å². The molecule has 166 valence electrons. The Morgan fingerprint density at radius 1 is 1.17 bits per heavy atom. The number of benzene rings is 1. The molecule has 0 unspecified atom stereocenters. The number of ether oxygens (including phenoxy) is 1. The summed E-state index contributed by atoms with van der Waals surface area (Å²) < 4.78 is 37.1. The van der Waals surface area contributed by atoms with Gasteiger partial charge < -0.3 is 20.1 Å². The fraction of sp³-hybridized carbons (Fsp3) is 0.619. The van der Waals surface area contributed by atoms with Gasteiger partial charge in [0.1, 0.15) is 0 Å². The van der Waals surface area contributed by atoms with Crippen molar-refractivity contribution in [2.24, 2.45) is 11.8 Å². The van der Waals surface area contributed by atoms with Crippen molar-refractivity contribution in [3.05, 3.63) is 35.4 Å². The molecule has 9 heteroatoms. The van der Waals surface area contributed by atoms with Gasteiger partial charge >= 0.3 is 12.1 Å². The lowest BCUT2D eigenvalue weighted by atomic mass is 9.93. The third kappa shape index (κ3) is 5.31. The Morgan fingerprint density at radius 3 is 2.37 bits per heavy atom. The van der Waals surface area contributed by atoms with Crippen molar-refractivity contribution in [1.29, 1.82) is 0 Å². The molecule has 2 heterocycles. The van der Waals surface area contributed by atoms with Crippen LogP contribution in [0.15, 0.2) is 24.3 Å². The second kappa shape index (κ2) is 9.34. The van der Waals surface area contributed by atoms with Crippen molar-refractivity contribution in [2.45, 2.75) is 37.4 Å². The van der Waals surface area contributed by atoms with E-state index in [0.29, 0.717) is 24.2 Å². The molecule has 2 aliphatic heterocycles. The highest BCUT2D eigenvalue weighted by Crippen LogP contribution is 2.48. The van der Waals surface area contributed by atoms with Crippen LogP contribution in [0.1, 0.15) is 42.3 Å². The Labute approximate surface area is 173 Å². The molecular weight excluding hydrogens is 401 g/mol. The third-order valence-electron chi connectivity index (χ3n) is 6.08. The number of aliphatic carboxylic acids is 1. The predicted molar refractivity (Wildman–Crippen MR) is 103 cm³/mol. The molecule has 2 saturated heterocycles. The zero-order chi connectivity index (χ0) is 21.9. The summed E-state index contributed by atoms with van der Waals surface area (Å²) in [4.78, 5) is 23.9. The van der Waals surface area contributed by atoms with Crippen molar-refractivity contribution >= 4 is 11.9 Å². The molecule has 3 atom stereocenters. The largest absolute Gasteiger partial charge is 0.490 e. The number of nitrogens with one attached hydrogen (secondary N) is 1. The number of carboxylic acids is 1. The Kier molecular flexibility index (Phi) is 7.02. The van der Waals surface area contributed by atoms with Gasteiger partial charge in [0.05, 0.1) is 6.04 Å². The number of carbonyl (C=O) groups is 2. The van der Waals surface area contributed by atoms with Crippen LogP contribution < -0.4 is 5.32 Å². The fourth-order valence-electron chi connectivity index (χ4n) is 4.69. The van der Waals surface area contributed by atoms with Crippen LogP contribution in [-0.2, 0) is 14.3 Å². The first-order chi connectivity index (χ1) is 14.2. The summed E-state index contributed by atoms with van der Waals surface area (Å²) in [5.41, 5.74) is 2.79. The van der Waals surface area contributed by atoms with Crippen molar-refractivity contribution < 1.29 is 32.6 Å². The lowest BCUT2D eigenvalue weighted by Crippen LogP contribution is -2.34. The van der Waals surface area contributed by atoms with E-state index in [1.165, 1.54) is 11.1 Å². The molecule has 1 aromatic rings. The zero-order valence-corrected chi connectivity index (χ0v) is 16.8. The van der Waals surface area contributed by atoms with E-state index in [0.717, 1.165) is 39.1 Å². The van der Waals surface area contributed by atoms with Crippen molar-refractivity contribution in [2.75, 3.05) is 33.4 Å². The van der Waals surface area contributed by atoms with Crippen molar-refractivity contribution in [3.63, 3.8) is 0 Å². The minimum atomic E-state index is -5.08. The predicted octanol–water partition coefficient (Wildman–Crippen LogP) is 2.95. The first kappa shape index (κ1) is 22.6. The average Bonchev–Trinajstić information content (AvgIpc) is 3.19. The number of carbonyl (C=O) groups excluding carboxylic acids is 1. The standard InChI is InChI=1S/C19H26N2O2.C2HF3O2/c1-21-11-16-14-4-2-3-5-15(14)19(17(16)12-21)20-18(22)10-13-6-8-23-9-7-13;3-2(4,5)1(6)7/h2-5,13,16-17,19H,6-12H2,1H3,(H,20,22);(H,6,7)/t16-,17-,19+;/m0./s1. The SMILES string of the molecule is CN1C[C@@H]2[C@H](NC(=O)CC3CCOCC3)c3ccccc3[C@@H]2C1.O=C(O)C(F)(F)F. The Hall–Kier alpha value is -2.13. The summed E-state index contributed by atoms with van der Waals surface area (Å²) in [6.45, 7) is 3.79. The van der Waals surface area contributed by atoms with E-state index in [4.69, 9.17) is 14.6 Å². The third-order valence-corrected chi connectivity index (χ3v) is 6.08. The molecule has 2 N–H and O–H groups in total. The molecule has 30 heavy (non-hydrogen) atoms. The van der Waals surface area contributed by atoms with Gasteiger partial charge in [0.15, 0.2) is 0 Å².